The molecule has 5 heteroatoms. The molecule has 0 radical (unpaired) electrons. The smallest absolute Gasteiger partial charge is 0.286 e. The van der Waals surface area contributed by atoms with Crippen molar-refractivity contribution >= 4 is 17.9 Å². The molecule has 1 aromatic carbocycles. The summed E-state index contributed by atoms with van der Waals surface area (Å²) >= 11 is 0. The second-order valence-corrected chi connectivity index (χ2v) is 3.77. The van der Waals surface area contributed by atoms with Gasteiger partial charge in [0.2, 0.25) is 0 Å². The number of carbonyl (C=O) groups excluding carboxylic acids is 2. The molecule has 3 N–H and O–H groups in total. The van der Waals surface area contributed by atoms with Crippen LogP contribution in [0.1, 0.15) is 16.1 Å². The number of H-pyrrole nitrogens is 1. The molecule has 5 nitrogen and oxygen atoms in total. The molecule has 19 heavy (non-hydrogen) atoms. The highest BCUT2D eigenvalue weighted by atomic mass is 16.2. The Balaban J connectivity index is 1.82. The average Bonchev–Trinajstić information content (AvgIpc) is 2.98. The number of aromatic amines is 1. The van der Waals surface area contributed by atoms with Crippen LogP contribution in [0.3, 0.4) is 0 Å². The fraction of sp³-hybridized carbons (Fsp3) is 0. The van der Waals surface area contributed by atoms with Crippen molar-refractivity contribution in [3.63, 3.8) is 0 Å². The van der Waals surface area contributed by atoms with Crippen molar-refractivity contribution in [3.8, 4) is 0 Å². The van der Waals surface area contributed by atoms with Crippen LogP contribution in [0.15, 0.2) is 54.7 Å². The first-order chi connectivity index (χ1) is 9.25. The Morgan fingerprint density at radius 2 is 1.79 bits per heavy atom. The topological polar surface area (TPSA) is 74.0 Å². The number of hydrazine groups is 1. The zero-order valence-electron chi connectivity index (χ0n) is 10.1. The number of rotatable bonds is 3. The van der Waals surface area contributed by atoms with Gasteiger partial charge in [0.05, 0.1) is 0 Å². The van der Waals surface area contributed by atoms with Gasteiger partial charge < -0.3 is 4.98 Å². The van der Waals surface area contributed by atoms with E-state index in [9.17, 15) is 9.59 Å². The van der Waals surface area contributed by atoms with Crippen molar-refractivity contribution < 1.29 is 9.59 Å². The third kappa shape index (κ3) is 3.85. The monoisotopic (exact) mass is 255 g/mol. The normalized spacial score (nSPS) is 10.3. The lowest BCUT2D eigenvalue weighted by Gasteiger charge is -2.03. The van der Waals surface area contributed by atoms with Crippen LogP contribution in [0.2, 0.25) is 0 Å². The molecular weight excluding hydrogens is 242 g/mol. The molecule has 0 bridgehead atoms. The van der Waals surface area contributed by atoms with Crippen LogP contribution >= 0.6 is 0 Å². The quantitative estimate of drug-likeness (QED) is 0.574. The molecule has 0 saturated heterocycles. The van der Waals surface area contributed by atoms with Crippen molar-refractivity contribution in [3.05, 3.63) is 66.0 Å². The van der Waals surface area contributed by atoms with Crippen molar-refractivity contribution in [2.45, 2.75) is 0 Å². The lowest BCUT2D eigenvalue weighted by atomic mass is 10.2. The number of hydrogen-bond acceptors (Lipinski definition) is 2. The molecule has 0 aliphatic rings. The molecule has 2 aromatic rings. The highest BCUT2D eigenvalue weighted by molar-refractivity contribution is 5.96. The van der Waals surface area contributed by atoms with Gasteiger partial charge in [0.25, 0.3) is 11.8 Å². The molecule has 0 spiro atoms. The maximum Gasteiger partial charge on any atom is 0.286 e. The van der Waals surface area contributed by atoms with Crippen molar-refractivity contribution in [2.24, 2.45) is 0 Å². The molecule has 2 amide bonds. The second kappa shape index (κ2) is 6.20. The molecular formula is C14H13N3O2. The third-order valence-corrected chi connectivity index (χ3v) is 2.37. The molecule has 0 saturated carbocycles. The van der Waals surface area contributed by atoms with Crippen LogP contribution in [0, 0.1) is 0 Å². The summed E-state index contributed by atoms with van der Waals surface area (Å²) in [7, 11) is 0. The summed E-state index contributed by atoms with van der Waals surface area (Å²) in [4.78, 5) is 25.7. The molecule has 0 aliphatic carbocycles. The predicted octanol–water partition coefficient (Wildman–Crippen LogP) is 1.49. The van der Waals surface area contributed by atoms with E-state index < -0.39 is 11.8 Å². The van der Waals surface area contributed by atoms with Crippen molar-refractivity contribution in [1.29, 1.82) is 0 Å². The summed E-state index contributed by atoms with van der Waals surface area (Å²) in [5.41, 5.74) is 5.89. The lowest BCUT2D eigenvalue weighted by molar-refractivity contribution is -0.117. The molecule has 2 rings (SSSR count). The SMILES string of the molecule is O=C(/C=C/c1ccccc1)NNC(=O)c1ccc[nH]1. The van der Waals surface area contributed by atoms with Crippen LogP contribution in [-0.2, 0) is 4.79 Å². The van der Waals surface area contributed by atoms with E-state index in [1.54, 1.807) is 24.4 Å². The Bertz CT molecular complexity index is 574. The van der Waals surface area contributed by atoms with E-state index in [1.807, 2.05) is 30.3 Å². The second-order valence-electron chi connectivity index (χ2n) is 3.77. The minimum Gasteiger partial charge on any atom is -0.357 e. The number of hydrogen-bond donors (Lipinski definition) is 3. The lowest BCUT2D eigenvalue weighted by Crippen LogP contribution is -2.40. The number of carbonyl (C=O) groups is 2. The predicted molar refractivity (Wildman–Crippen MR) is 71.9 cm³/mol. The highest BCUT2D eigenvalue weighted by Gasteiger charge is 2.05. The van der Waals surface area contributed by atoms with Crippen LogP contribution in [-0.4, -0.2) is 16.8 Å². The maximum absolute atomic E-state index is 11.5. The standard InChI is InChI=1S/C14H13N3O2/c18-13(9-8-11-5-2-1-3-6-11)16-17-14(19)12-7-4-10-15-12/h1-10,15H,(H,16,18)(H,17,19)/b9-8+. The Hall–Kier alpha value is -2.82. The molecule has 96 valence electrons. The van der Waals surface area contributed by atoms with Gasteiger partial charge in [-0.25, -0.2) is 0 Å². The summed E-state index contributed by atoms with van der Waals surface area (Å²) in [6.45, 7) is 0. The molecule has 0 aliphatic heterocycles. The summed E-state index contributed by atoms with van der Waals surface area (Å²) in [5.74, 6) is -0.796. The molecule has 0 unspecified atom stereocenters. The first-order valence-electron chi connectivity index (χ1n) is 5.72. The minimum atomic E-state index is -0.399. The fourth-order valence-electron chi connectivity index (χ4n) is 1.44. The van der Waals surface area contributed by atoms with Crippen LogP contribution < -0.4 is 10.9 Å². The van der Waals surface area contributed by atoms with Gasteiger partial charge >= 0.3 is 0 Å². The van der Waals surface area contributed by atoms with Crippen molar-refractivity contribution in [1.82, 2.24) is 15.8 Å². The van der Waals surface area contributed by atoms with Crippen molar-refractivity contribution in [2.75, 3.05) is 0 Å². The number of nitrogens with one attached hydrogen (secondary N) is 3. The van der Waals surface area contributed by atoms with Gasteiger partial charge in [0.15, 0.2) is 0 Å². The number of aromatic nitrogens is 1. The molecule has 1 aromatic heterocycles. The Kier molecular flexibility index (Phi) is 4.12. The first-order valence-corrected chi connectivity index (χ1v) is 5.72. The van der Waals surface area contributed by atoms with Crippen LogP contribution in [0.4, 0.5) is 0 Å². The zero-order chi connectivity index (χ0) is 13.5. The maximum atomic E-state index is 11.5. The molecule has 1 heterocycles. The van der Waals surface area contributed by atoms with E-state index in [0.29, 0.717) is 5.69 Å². The van der Waals surface area contributed by atoms with Gasteiger partial charge in [-0.1, -0.05) is 30.3 Å². The Morgan fingerprint density at radius 3 is 2.47 bits per heavy atom. The zero-order valence-corrected chi connectivity index (χ0v) is 10.1. The summed E-state index contributed by atoms with van der Waals surface area (Å²) in [5, 5.41) is 0. The number of amides is 2. The highest BCUT2D eigenvalue weighted by Crippen LogP contribution is 2.00. The van der Waals surface area contributed by atoms with Crippen LogP contribution in [0.25, 0.3) is 6.08 Å². The third-order valence-electron chi connectivity index (χ3n) is 2.37. The van der Waals surface area contributed by atoms with Gasteiger partial charge in [0, 0.05) is 12.3 Å². The van der Waals surface area contributed by atoms with E-state index in [0.717, 1.165) is 5.56 Å². The first kappa shape index (κ1) is 12.6. The molecule has 0 atom stereocenters. The minimum absolute atomic E-state index is 0.382. The van der Waals surface area contributed by atoms with E-state index in [-0.39, 0.29) is 0 Å². The van der Waals surface area contributed by atoms with Gasteiger partial charge in [-0.05, 0) is 23.8 Å². The molecule has 0 fully saturated rings. The Labute approximate surface area is 110 Å². The van der Waals surface area contributed by atoms with Gasteiger partial charge in [-0.15, -0.1) is 0 Å². The van der Waals surface area contributed by atoms with Gasteiger partial charge in [0.1, 0.15) is 5.69 Å². The Morgan fingerprint density at radius 1 is 1.00 bits per heavy atom. The largest absolute Gasteiger partial charge is 0.357 e. The average molecular weight is 255 g/mol. The summed E-state index contributed by atoms with van der Waals surface area (Å²) in [6, 6.07) is 12.7. The number of benzene rings is 1. The van der Waals surface area contributed by atoms with E-state index in [4.69, 9.17) is 0 Å². The van der Waals surface area contributed by atoms with Gasteiger partial charge in [-0.2, -0.15) is 0 Å². The summed E-state index contributed by atoms with van der Waals surface area (Å²) in [6.07, 6.45) is 4.65. The van der Waals surface area contributed by atoms with Gasteiger partial charge in [-0.3, -0.25) is 20.4 Å². The van der Waals surface area contributed by atoms with E-state index >= 15 is 0 Å². The van der Waals surface area contributed by atoms with E-state index in [1.165, 1.54) is 6.08 Å². The van der Waals surface area contributed by atoms with E-state index in [2.05, 4.69) is 15.8 Å². The summed E-state index contributed by atoms with van der Waals surface area (Å²) < 4.78 is 0. The van der Waals surface area contributed by atoms with Crippen LogP contribution in [0.5, 0.6) is 0 Å². The fourth-order valence-corrected chi connectivity index (χ4v) is 1.44.